The number of rotatable bonds is 2. The van der Waals surface area contributed by atoms with Gasteiger partial charge in [0.2, 0.25) is 5.91 Å². The topological polar surface area (TPSA) is 85.2 Å². The molecule has 0 aliphatic carbocycles. The van der Waals surface area contributed by atoms with Crippen LogP contribution in [0.4, 0.5) is 10.8 Å². The first-order chi connectivity index (χ1) is 7.59. The van der Waals surface area contributed by atoms with E-state index in [9.17, 15) is 4.79 Å². The molecule has 0 unspecified atom stereocenters. The molecule has 88 valence electrons. The number of anilines is 2. The van der Waals surface area contributed by atoms with E-state index >= 15 is 0 Å². The molecule has 1 saturated heterocycles. The molecular formula is C10H16N4OS. The van der Waals surface area contributed by atoms with E-state index < -0.39 is 0 Å². The van der Waals surface area contributed by atoms with Crippen LogP contribution in [-0.4, -0.2) is 23.4 Å². The minimum Gasteiger partial charge on any atom is -0.383 e. The maximum atomic E-state index is 11.0. The van der Waals surface area contributed by atoms with E-state index in [-0.39, 0.29) is 11.8 Å². The van der Waals surface area contributed by atoms with Crippen LogP contribution in [0.1, 0.15) is 18.4 Å². The normalized spacial score (nSPS) is 17.7. The van der Waals surface area contributed by atoms with Crippen LogP contribution in [0.5, 0.6) is 0 Å². The molecule has 16 heavy (non-hydrogen) atoms. The van der Waals surface area contributed by atoms with Crippen molar-refractivity contribution in [1.29, 1.82) is 0 Å². The number of primary amides is 1. The molecule has 0 bridgehead atoms. The van der Waals surface area contributed by atoms with Gasteiger partial charge in [0.15, 0.2) is 0 Å². The van der Waals surface area contributed by atoms with E-state index in [1.807, 2.05) is 6.92 Å². The summed E-state index contributed by atoms with van der Waals surface area (Å²) >= 11 is 1.43. The Labute approximate surface area is 98.6 Å². The summed E-state index contributed by atoms with van der Waals surface area (Å²) < 4.78 is 4.13. The Balaban J connectivity index is 2.04. The first-order valence-electron chi connectivity index (χ1n) is 5.35. The summed E-state index contributed by atoms with van der Waals surface area (Å²) in [6, 6.07) is 0. The fourth-order valence-corrected chi connectivity index (χ4v) is 2.86. The van der Waals surface area contributed by atoms with Gasteiger partial charge >= 0.3 is 0 Å². The summed E-state index contributed by atoms with van der Waals surface area (Å²) in [5.74, 6) is 0.457. The summed E-state index contributed by atoms with van der Waals surface area (Å²) in [5.41, 5.74) is 12.1. The molecule has 0 saturated carbocycles. The average Bonchev–Trinajstić information content (AvgIpc) is 2.60. The van der Waals surface area contributed by atoms with Crippen molar-refractivity contribution >= 4 is 28.3 Å². The fraction of sp³-hybridized carbons (Fsp3) is 0.600. The molecule has 6 heteroatoms. The lowest BCUT2D eigenvalue weighted by Crippen LogP contribution is -2.38. The van der Waals surface area contributed by atoms with Crippen LogP contribution < -0.4 is 16.4 Å². The van der Waals surface area contributed by atoms with Crippen molar-refractivity contribution in [2.75, 3.05) is 23.7 Å². The lowest BCUT2D eigenvalue weighted by atomic mass is 9.96. The third kappa shape index (κ3) is 1.97. The largest absolute Gasteiger partial charge is 0.383 e. The van der Waals surface area contributed by atoms with Crippen molar-refractivity contribution in [2.24, 2.45) is 11.7 Å². The highest BCUT2D eigenvalue weighted by Gasteiger charge is 2.25. The van der Waals surface area contributed by atoms with Crippen LogP contribution in [0.3, 0.4) is 0 Å². The van der Waals surface area contributed by atoms with Gasteiger partial charge in [0.1, 0.15) is 10.8 Å². The zero-order chi connectivity index (χ0) is 11.7. The molecule has 1 aliphatic heterocycles. The monoisotopic (exact) mass is 240 g/mol. The van der Waals surface area contributed by atoms with Crippen LogP contribution >= 0.6 is 11.5 Å². The first kappa shape index (κ1) is 11.2. The van der Waals surface area contributed by atoms with Gasteiger partial charge in [-0.3, -0.25) is 4.79 Å². The van der Waals surface area contributed by atoms with Crippen molar-refractivity contribution in [2.45, 2.75) is 19.8 Å². The second-order valence-corrected chi connectivity index (χ2v) is 4.91. The first-order valence-corrected chi connectivity index (χ1v) is 6.13. The van der Waals surface area contributed by atoms with Crippen LogP contribution in [0.25, 0.3) is 0 Å². The van der Waals surface area contributed by atoms with E-state index in [0.717, 1.165) is 36.5 Å². The molecule has 1 aliphatic rings. The third-order valence-corrected chi connectivity index (χ3v) is 4.15. The van der Waals surface area contributed by atoms with Crippen molar-refractivity contribution < 1.29 is 4.79 Å². The number of carbonyl (C=O) groups is 1. The quantitative estimate of drug-likeness (QED) is 0.798. The second-order valence-electron chi connectivity index (χ2n) is 4.16. The van der Waals surface area contributed by atoms with Crippen molar-refractivity contribution in [3.05, 3.63) is 5.56 Å². The van der Waals surface area contributed by atoms with E-state index in [2.05, 4.69) is 9.27 Å². The minimum atomic E-state index is -0.180. The lowest BCUT2D eigenvalue weighted by molar-refractivity contribution is -0.122. The Morgan fingerprint density at radius 3 is 2.56 bits per heavy atom. The lowest BCUT2D eigenvalue weighted by Gasteiger charge is -2.31. The Bertz CT molecular complexity index is 396. The summed E-state index contributed by atoms with van der Waals surface area (Å²) in [7, 11) is 0. The summed E-state index contributed by atoms with van der Waals surface area (Å²) in [4.78, 5) is 13.3. The second kappa shape index (κ2) is 4.29. The van der Waals surface area contributed by atoms with Gasteiger partial charge in [-0.2, -0.15) is 4.37 Å². The highest BCUT2D eigenvalue weighted by atomic mass is 32.1. The number of hydrogen-bond donors (Lipinski definition) is 2. The number of carbonyl (C=O) groups excluding carboxylic acids is 1. The number of aromatic nitrogens is 1. The van der Waals surface area contributed by atoms with Gasteiger partial charge in [0.05, 0.1) is 0 Å². The Hall–Kier alpha value is -1.30. The zero-order valence-electron chi connectivity index (χ0n) is 9.27. The molecular weight excluding hydrogens is 224 g/mol. The van der Waals surface area contributed by atoms with Gasteiger partial charge < -0.3 is 16.4 Å². The molecule has 0 spiro atoms. The van der Waals surface area contributed by atoms with Crippen LogP contribution in [0.2, 0.25) is 0 Å². The Morgan fingerprint density at radius 1 is 1.50 bits per heavy atom. The zero-order valence-corrected chi connectivity index (χ0v) is 10.1. The molecule has 5 nitrogen and oxygen atoms in total. The van der Waals surface area contributed by atoms with E-state index in [0.29, 0.717) is 5.82 Å². The van der Waals surface area contributed by atoms with Crippen molar-refractivity contribution in [1.82, 2.24) is 4.37 Å². The molecule has 1 amide bonds. The molecule has 1 fully saturated rings. The highest BCUT2D eigenvalue weighted by molar-refractivity contribution is 7.10. The Morgan fingerprint density at radius 2 is 2.12 bits per heavy atom. The van der Waals surface area contributed by atoms with Crippen molar-refractivity contribution in [3.8, 4) is 0 Å². The van der Waals surface area contributed by atoms with Gasteiger partial charge in [0, 0.05) is 24.6 Å². The molecule has 1 aromatic rings. The number of nitrogen functional groups attached to an aromatic ring is 1. The number of nitrogens with two attached hydrogens (primary N) is 2. The van der Waals surface area contributed by atoms with Gasteiger partial charge in [-0.25, -0.2) is 0 Å². The maximum absolute atomic E-state index is 11.0. The molecule has 0 aromatic carbocycles. The third-order valence-electron chi connectivity index (χ3n) is 3.12. The highest BCUT2D eigenvalue weighted by Crippen LogP contribution is 2.32. The molecule has 1 aromatic heterocycles. The standard InChI is InChI=1S/C10H16N4OS/c1-6-8(11)13-16-10(6)14-4-2-7(3-5-14)9(12)15/h7H,2-5H2,1H3,(H2,11,13)(H2,12,15). The van der Waals surface area contributed by atoms with E-state index in [1.54, 1.807) is 0 Å². The Kier molecular flexibility index (Phi) is 3.00. The molecule has 4 N–H and O–H groups in total. The van der Waals surface area contributed by atoms with Gasteiger partial charge in [-0.05, 0) is 31.3 Å². The van der Waals surface area contributed by atoms with Crippen LogP contribution in [0, 0.1) is 12.8 Å². The van der Waals surface area contributed by atoms with Gasteiger partial charge in [-0.1, -0.05) is 0 Å². The smallest absolute Gasteiger partial charge is 0.220 e. The predicted molar refractivity (Wildman–Crippen MR) is 65.4 cm³/mol. The number of hydrogen-bond acceptors (Lipinski definition) is 5. The van der Waals surface area contributed by atoms with Gasteiger partial charge in [-0.15, -0.1) is 0 Å². The van der Waals surface area contributed by atoms with Gasteiger partial charge in [0.25, 0.3) is 0 Å². The predicted octanol–water partition coefficient (Wildman–Crippen LogP) is 0.735. The van der Waals surface area contributed by atoms with Crippen LogP contribution in [-0.2, 0) is 4.79 Å². The maximum Gasteiger partial charge on any atom is 0.220 e. The van der Waals surface area contributed by atoms with Crippen molar-refractivity contribution in [3.63, 3.8) is 0 Å². The van der Waals surface area contributed by atoms with Crippen LogP contribution in [0.15, 0.2) is 0 Å². The number of nitrogens with zero attached hydrogens (tertiary/aromatic N) is 2. The number of amides is 1. The summed E-state index contributed by atoms with van der Waals surface area (Å²) in [5, 5.41) is 1.13. The summed E-state index contributed by atoms with van der Waals surface area (Å²) in [6.45, 7) is 3.69. The SMILES string of the molecule is Cc1c(N)nsc1N1CCC(C(N)=O)CC1. The number of piperidine rings is 1. The average molecular weight is 240 g/mol. The van der Waals surface area contributed by atoms with E-state index in [4.69, 9.17) is 11.5 Å². The fourth-order valence-electron chi connectivity index (χ4n) is 2.00. The molecule has 0 atom stereocenters. The molecule has 0 radical (unpaired) electrons. The molecule has 2 heterocycles. The summed E-state index contributed by atoms with van der Waals surface area (Å²) in [6.07, 6.45) is 1.65. The van der Waals surface area contributed by atoms with E-state index in [1.165, 1.54) is 11.5 Å². The minimum absolute atomic E-state index is 0.0295. The molecule has 2 rings (SSSR count).